The Morgan fingerprint density at radius 2 is 1.72 bits per heavy atom. The second kappa shape index (κ2) is 11.2. The number of rotatable bonds is 6. The highest BCUT2D eigenvalue weighted by Gasteiger charge is 2.21. The second-order valence-electron chi connectivity index (χ2n) is 8.03. The third-order valence-electron chi connectivity index (χ3n) is 5.94. The number of carbonyl (C=O) groups is 1. The van der Waals surface area contributed by atoms with Crippen molar-refractivity contribution < 1.29 is 4.79 Å². The van der Waals surface area contributed by atoms with Gasteiger partial charge < -0.3 is 15.5 Å². The van der Waals surface area contributed by atoms with E-state index in [1.807, 2.05) is 11.9 Å². The molecule has 2 saturated heterocycles. The van der Waals surface area contributed by atoms with Gasteiger partial charge in [0.2, 0.25) is 5.91 Å². The monoisotopic (exact) mass is 400 g/mol. The largest absolute Gasteiger partial charge is 0.355 e. The molecule has 3 rings (SSSR count). The van der Waals surface area contributed by atoms with E-state index in [0.717, 1.165) is 77.7 Å². The maximum atomic E-state index is 11.4. The molecule has 0 aliphatic carbocycles. The fourth-order valence-corrected chi connectivity index (χ4v) is 4.08. The fourth-order valence-electron chi connectivity index (χ4n) is 4.08. The minimum Gasteiger partial charge on any atom is -0.355 e. The van der Waals surface area contributed by atoms with E-state index < -0.39 is 0 Å². The normalized spacial score (nSPS) is 19.9. The number of amides is 1. The van der Waals surface area contributed by atoms with Gasteiger partial charge in [-0.05, 0) is 18.4 Å². The first kappa shape index (κ1) is 21.6. The summed E-state index contributed by atoms with van der Waals surface area (Å²) in [5.41, 5.74) is 1.39. The van der Waals surface area contributed by atoms with Gasteiger partial charge in [0.15, 0.2) is 5.96 Å². The van der Waals surface area contributed by atoms with Gasteiger partial charge in [0, 0.05) is 78.9 Å². The second-order valence-corrected chi connectivity index (χ2v) is 8.03. The summed E-state index contributed by atoms with van der Waals surface area (Å²) >= 11 is 0. The van der Waals surface area contributed by atoms with E-state index in [9.17, 15) is 4.79 Å². The molecule has 1 aromatic carbocycles. The molecular formula is C22H36N6O. The number of carbonyl (C=O) groups excluding carboxylic acids is 1. The fraction of sp³-hybridized carbons (Fsp3) is 0.636. The van der Waals surface area contributed by atoms with Gasteiger partial charge in [0.05, 0.1) is 0 Å². The average Bonchev–Trinajstić information content (AvgIpc) is 2.75. The molecule has 29 heavy (non-hydrogen) atoms. The Balaban J connectivity index is 1.31. The van der Waals surface area contributed by atoms with Gasteiger partial charge in [0.1, 0.15) is 0 Å². The van der Waals surface area contributed by atoms with Crippen LogP contribution in [0.3, 0.4) is 0 Å². The van der Waals surface area contributed by atoms with E-state index >= 15 is 0 Å². The van der Waals surface area contributed by atoms with Crippen molar-refractivity contribution in [2.24, 2.45) is 4.99 Å². The van der Waals surface area contributed by atoms with Crippen molar-refractivity contribution in [3.8, 4) is 0 Å². The van der Waals surface area contributed by atoms with Gasteiger partial charge in [-0.25, -0.2) is 0 Å². The zero-order chi connectivity index (χ0) is 20.5. The van der Waals surface area contributed by atoms with E-state index in [-0.39, 0.29) is 5.91 Å². The number of guanidine groups is 1. The Morgan fingerprint density at radius 1 is 1.03 bits per heavy atom. The summed E-state index contributed by atoms with van der Waals surface area (Å²) < 4.78 is 0. The predicted molar refractivity (Wildman–Crippen MR) is 118 cm³/mol. The van der Waals surface area contributed by atoms with Gasteiger partial charge in [-0.3, -0.25) is 19.6 Å². The first-order valence-electron chi connectivity index (χ1n) is 10.9. The topological polar surface area (TPSA) is 63.2 Å². The number of nitrogens with zero attached hydrogens (tertiary/aromatic N) is 4. The van der Waals surface area contributed by atoms with Gasteiger partial charge in [-0.2, -0.15) is 0 Å². The highest BCUT2D eigenvalue weighted by molar-refractivity contribution is 5.79. The van der Waals surface area contributed by atoms with Crippen LogP contribution in [0.1, 0.15) is 25.3 Å². The molecule has 0 bridgehead atoms. The molecule has 1 aromatic rings. The Kier molecular flexibility index (Phi) is 8.31. The standard InChI is InChI=1S/C22H36N6O/c1-19(29)28-16-14-26(15-17-28)13-10-24-22(23-2)25-21-8-11-27(12-9-21)18-20-6-4-3-5-7-20/h3-7,21H,8-18H2,1-2H3,(H2,23,24,25). The van der Waals surface area contributed by atoms with E-state index in [1.165, 1.54) is 5.56 Å². The van der Waals surface area contributed by atoms with Crippen LogP contribution in [0.4, 0.5) is 0 Å². The van der Waals surface area contributed by atoms with E-state index in [0.29, 0.717) is 6.04 Å². The van der Waals surface area contributed by atoms with Crippen molar-refractivity contribution in [2.45, 2.75) is 32.4 Å². The highest BCUT2D eigenvalue weighted by Crippen LogP contribution is 2.13. The maximum Gasteiger partial charge on any atom is 0.219 e. The summed E-state index contributed by atoms with van der Waals surface area (Å²) in [6.07, 6.45) is 2.28. The van der Waals surface area contributed by atoms with Crippen LogP contribution in [-0.4, -0.2) is 92.0 Å². The predicted octanol–water partition coefficient (Wildman–Crippen LogP) is 0.980. The minimum atomic E-state index is 0.183. The van der Waals surface area contributed by atoms with Crippen LogP contribution in [0, 0.1) is 0 Å². The molecule has 0 atom stereocenters. The van der Waals surface area contributed by atoms with E-state index in [1.54, 1.807) is 6.92 Å². The molecule has 0 aromatic heterocycles. The summed E-state index contributed by atoms with van der Waals surface area (Å²) in [7, 11) is 1.84. The molecule has 2 fully saturated rings. The molecule has 7 nitrogen and oxygen atoms in total. The van der Waals surface area contributed by atoms with Gasteiger partial charge >= 0.3 is 0 Å². The van der Waals surface area contributed by atoms with Gasteiger partial charge in [0.25, 0.3) is 0 Å². The molecule has 0 unspecified atom stereocenters. The third-order valence-corrected chi connectivity index (χ3v) is 5.94. The van der Waals surface area contributed by atoms with E-state index in [4.69, 9.17) is 0 Å². The third kappa shape index (κ3) is 7.01. The van der Waals surface area contributed by atoms with Gasteiger partial charge in [-0.1, -0.05) is 30.3 Å². The molecule has 2 heterocycles. The van der Waals surface area contributed by atoms with Crippen LogP contribution in [0.15, 0.2) is 35.3 Å². The SMILES string of the molecule is CN=C(NCCN1CCN(C(C)=O)CC1)NC1CCN(Cc2ccccc2)CC1. The first-order valence-corrected chi connectivity index (χ1v) is 10.9. The van der Waals surface area contributed by atoms with Crippen LogP contribution in [0.5, 0.6) is 0 Å². The van der Waals surface area contributed by atoms with Crippen LogP contribution < -0.4 is 10.6 Å². The van der Waals surface area contributed by atoms with Crippen molar-refractivity contribution in [1.29, 1.82) is 0 Å². The quantitative estimate of drug-likeness (QED) is 0.551. The van der Waals surface area contributed by atoms with Crippen LogP contribution in [0.25, 0.3) is 0 Å². The lowest BCUT2D eigenvalue weighted by atomic mass is 10.0. The number of hydrogen-bond donors (Lipinski definition) is 2. The highest BCUT2D eigenvalue weighted by atomic mass is 16.2. The molecular weight excluding hydrogens is 364 g/mol. The lowest BCUT2D eigenvalue weighted by Gasteiger charge is -2.34. The van der Waals surface area contributed by atoms with Crippen LogP contribution in [0.2, 0.25) is 0 Å². The Morgan fingerprint density at radius 3 is 2.34 bits per heavy atom. The number of aliphatic imine (C=N–C) groups is 1. The molecule has 0 radical (unpaired) electrons. The van der Waals surface area contributed by atoms with Crippen LogP contribution >= 0.6 is 0 Å². The molecule has 7 heteroatoms. The molecule has 2 N–H and O–H groups in total. The summed E-state index contributed by atoms with van der Waals surface area (Å²) in [5.74, 6) is 1.08. The zero-order valence-electron chi connectivity index (χ0n) is 17.9. The van der Waals surface area contributed by atoms with Crippen molar-refractivity contribution in [3.05, 3.63) is 35.9 Å². The Labute approximate surface area is 175 Å². The zero-order valence-corrected chi connectivity index (χ0v) is 17.9. The Hall–Kier alpha value is -2.12. The van der Waals surface area contributed by atoms with E-state index in [2.05, 4.69) is 55.8 Å². The number of likely N-dealkylation sites (tertiary alicyclic amines) is 1. The lowest BCUT2D eigenvalue weighted by Crippen LogP contribution is -2.52. The molecule has 1 amide bonds. The van der Waals surface area contributed by atoms with Gasteiger partial charge in [-0.15, -0.1) is 0 Å². The number of hydrogen-bond acceptors (Lipinski definition) is 4. The molecule has 0 spiro atoms. The number of piperidine rings is 1. The van der Waals surface area contributed by atoms with Crippen molar-refractivity contribution in [1.82, 2.24) is 25.3 Å². The lowest BCUT2D eigenvalue weighted by molar-refractivity contribution is -0.130. The van der Waals surface area contributed by atoms with Crippen LogP contribution in [-0.2, 0) is 11.3 Å². The number of benzene rings is 1. The van der Waals surface area contributed by atoms with Crippen molar-refractivity contribution in [3.63, 3.8) is 0 Å². The number of nitrogens with one attached hydrogen (secondary N) is 2. The van der Waals surface area contributed by atoms with Crippen molar-refractivity contribution in [2.75, 3.05) is 59.4 Å². The summed E-state index contributed by atoms with van der Waals surface area (Å²) in [4.78, 5) is 22.7. The molecule has 2 aliphatic heterocycles. The maximum absolute atomic E-state index is 11.4. The molecule has 160 valence electrons. The summed E-state index contributed by atoms with van der Waals surface area (Å²) in [6.45, 7) is 10.3. The number of piperazine rings is 1. The molecule has 2 aliphatic rings. The summed E-state index contributed by atoms with van der Waals surface area (Å²) in [5, 5.41) is 7.04. The Bertz CT molecular complexity index is 649. The minimum absolute atomic E-state index is 0.183. The van der Waals surface area contributed by atoms with Crippen molar-refractivity contribution >= 4 is 11.9 Å². The smallest absolute Gasteiger partial charge is 0.219 e. The summed E-state index contributed by atoms with van der Waals surface area (Å²) in [6, 6.07) is 11.2. The molecule has 0 saturated carbocycles. The average molecular weight is 401 g/mol. The first-order chi connectivity index (χ1) is 14.1.